The van der Waals surface area contributed by atoms with Crippen LogP contribution < -0.4 is 15.4 Å². The molecule has 0 unspecified atom stereocenters. The summed E-state index contributed by atoms with van der Waals surface area (Å²) in [7, 11) is 0. The number of aryl methyl sites for hydroxylation is 1. The molecule has 2 N–H and O–H groups in total. The van der Waals surface area contributed by atoms with E-state index in [4.69, 9.17) is 9.15 Å². The lowest BCUT2D eigenvalue weighted by Gasteiger charge is -2.11. The van der Waals surface area contributed by atoms with Gasteiger partial charge in [0.25, 0.3) is 5.91 Å². The molecular weight excluding hydrogens is 356 g/mol. The molecule has 2 amide bonds. The van der Waals surface area contributed by atoms with Gasteiger partial charge in [0.2, 0.25) is 5.91 Å². The molecule has 0 spiro atoms. The van der Waals surface area contributed by atoms with Crippen LogP contribution in [0.3, 0.4) is 0 Å². The van der Waals surface area contributed by atoms with Crippen LogP contribution in [-0.2, 0) is 11.2 Å². The molecule has 6 heteroatoms. The van der Waals surface area contributed by atoms with Crippen molar-refractivity contribution in [3.05, 3.63) is 78.3 Å². The van der Waals surface area contributed by atoms with E-state index in [-0.39, 0.29) is 17.6 Å². The molecule has 2 aromatic carbocycles. The van der Waals surface area contributed by atoms with Gasteiger partial charge in [-0.1, -0.05) is 24.3 Å². The van der Waals surface area contributed by atoms with Gasteiger partial charge in [-0.2, -0.15) is 0 Å². The fraction of sp³-hybridized carbons (Fsp3) is 0.182. The molecule has 6 nitrogen and oxygen atoms in total. The van der Waals surface area contributed by atoms with Crippen LogP contribution >= 0.6 is 0 Å². The number of para-hydroxylation sites is 1. The number of furan rings is 1. The van der Waals surface area contributed by atoms with Gasteiger partial charge >= 0.3 is 0 Å². The van der Waals surface area contributed by atoms with Crippen molar-refractivity contribution >= 4 is 23.2 Å². The molecule has 0 bridgehead atoms. The van der Waals surface area contributed by atoms with Crippen molar-refractivity contribution in [1.29, 1.82) is 0 Å². The lowest BCUT2D eigenvalue weighted by molar-refractivity contribution is -0.116. The topological polar surface area (TPSA) is 80.6 Å². The third-order valence-electron chi connectivity index (χ3n) is 4.04. The van der Waals surface area contributed by atoms with Crippen LogP contribution in [0.2, 0.25) is 0 Å². The van der Waals surface area contributed by atoms with Gasteiger partial charge in [-0.3, -0.25) is 9.59 Å². The Balaban J connectivity index is 1.56. The SMILES string of the molecule is CCOc1ccccc1CCC(=O)Nc1cccc(NC(=O)c2ccco2)c1. The molecule has 0 aliphatic carbocycles. The largest absolute Gasteiger partial charge is 0.494 e. The maximum absolute atomic E-state index is 12.3. The zero-order valence-electron chi connectivity index (χ0n) is 15.6. The highest BCUT2D eigenvalue weighted by atomic mass is 16.5. The molecule has 0 atom stereocenters. The molecule has 0 saturated heterocycles. The van der Waals surface area contributed by atoms with Crippen molar-refractivity contribution in [2.24, 2.45) is 0 Å². The number of hydrogen-bond acceptors (Lipinski definition) is 4. The van der Waals surface area contributed by atoms with Crippen molar-refractivity contribution in [3.63, 3.8) is 0 Å². The summed E-state index contributed by atoms with van der Waals surface area (Å²) in [5.41, 5.74) is 2.18. The lowest BCUT2D eigenvalue weighted by Crippen LogP contribution is -2.14. The predicted octanol–water partition coefficient (Wildman–Crippen LogP) is 4.50. The van der Waals surface area contributed by atoms with E-state index in [1.165, 1.54) is 6.26 Å². The van der Waals surface area contributed by atoms with Gasteiger partial charge in [0.1, 0.15) is 5.75 Å². The lowest BCUT2D eigenvalue weighted by atomic mass is 10.1. The maximum atomic E-state index is 12.3. The van der Waals surface area contributed by atoms with Crippen molar-refractivity contribution in [3.8, 4) is 5.75 Å². The molecule has 28 heavy (non-hydrogen) atoms. The third kappa shape index (κ3) is 5.23. The summed E-state index contributed by atoms with van der Waals surface area (Å²) in [5, 5.41) is 5.59. The first-order valence-electron chi connectivity index (χ1n) is 9.11. The Morgan fingerprint density at radius 2 is 1.75 bits per heavy atom. The second-order valence-corrected chi connectivity index (χ2v) is 6.10. The van der Waals surface area contributed by atoms with E-state index in [1.807, 2.05) is 31.2 Å². The van der Waals surface area contributed by atoms with Crippen molar-refractivity contribution in [2.75, 3.05) is 17.2 Å². The fourth-order valence-corrected chi connectivity index (χ4v) is 2.75. The Morgan fingerprint density at radius 1 is 0.964 bits per heavy atom. The number of ether oxygens (including phenoxy) is 1. The summed E-state index contributed by atoms with van der Waals surface area (Å²) < 4.78 is 10.7. The quantitative estimate of drug-likeness (QED) is 0.605. The number of anilines is 2. The zero-order chi connectivity index (χ0) is 19.8. The normalized spacial score (nSPS) is 10.3. The van der Waals surface area contributed by atoms with Crippen LogP contribution in [0, 0.1) is 0 Å². The van der Waals surface area contributed by atoms with Gasteiger partial charge in [0, 0.05) is 17.8 Å². The van der Waals surface area contributed by atoms with E-state index in [0.717, 1.165) is 11.3 Å². The summed E-state index contributed by atoms with van der Waals surface area (Å²) in [5.74, 6) is 0.574. The number of nitrogens with one attached hydrogen (secondary N) is 2. The molecule has 3 rings (SSSR count). The number of benzene rings is 2. The number of rotatable bonds is 8. The minimum absolute atomic E-state index is 0.110. The Bertz CT molecular complexity index is 935. The maximum Gasteiger partial charge on any atom is 0.291 e. The van der Waals surface area contributed by atoms with Crippen LogP contribution in [-0.4, -0.2) is 18.4 Å². The minimum atomic E-state index is -0.346. The molecule has 144 valence electrons. The standard InChI is InChI=1S/C22H22N2O4/c1-2-27-19-10-4-3-7-16(19)12-13-21(25)23-17-8-5-9-18(15-17)24-22(26)20-11-6-14-28-20/h3-11,14-15H,2,12-13H2,1H3,(H,23,25)(H,24,26). The van der Waals surface area contributed by atoms with E-state index in [1.54, 1.807) is 36.4 Å². The highest BCUT2D eigenvalue weighted by molar-refractivity contribution is 6.02. The van der Waals surface area contributed by atoms with E-state index >= 15 is 0 Å². The van der Waals surface area contributed by atoms with Crippen LogP contribution in [0.25, 0.3) is 0 Å². The number of hydrogen-bond donors (Lipinski definition) is 2. The first kappa shape index (κ1) is 19.2. The van der Waals surface area contributed by atoms with Crippen LogP contribution in [0.5, 0.6) is 5.75 Å². The molecule has 0 saturated carbocycles. The van der Waals surface area contributed by atoms with Crippen molar-refractivity contribution in [1.82, 2.24) is 0 Å². The van der Waals surface area contributed by atoms with E-state index < -0.39 is 0 Å². The molecule has 3 aromatic rings. The van der Waals surface area contributed by atoms with E-state index in [0.29, 0.717) is 30.8 Å². The van der Waals surface area contributed by atoms with Crippen LogP contribution in [0.4, 0.5) is 11.4 Å². The van der Waals surface area contributed by atoms with E-state index in [9.17, 15) is 9.59 Å². The van der Waals surface area contributed by atoms with Crippen molar-refractivity contribution < 1.29 is 18.7 Å². The van der Waals surface area contributed by atoms with Gasteiger partial charge in [-0.15, -0.1) is 0 Å². The highest BCUT2D eigenvalue weighted by Crippen LogP contribution is 2.20. The van der Waals surface area contributed by atoms with Crippen LogP contribution in [0.15, 0.2) is 71.3 Å². The van der Waals surface area contributed by atoms with Gasteiger partial charge in [-0.25, -0.2) is 0 Å². The second kappa shape index (κ2) is 9.41. The predicted molar refractivity (Wildman–Crippen MR) is 108 cm³/mol. The summed E-state index contributed by atoms with van der Waals surface area (Å²) in [6.07, 6.45) is 2.35. The first-order chi connectivity index (χ1) is 13.7. The smallest absolute Gasteiger partial charge is 0.291 e. The molecular formula is C22H22N2O4. The molecule has 0 radical (unpaired) electrons. The van der Waals surface area contributed by atoms with Crippen molar-refractivity contribution in [2.45, 2.75) is 19.8 Å². The molecule has 1 aromatic heterocycles. The summed E-state index contributed by atoms with van der Waals surface area (Å²) >= 11 is 0. The van der Waals surface area contributed by atoms with Crippen LogP contribution in [0.1, 0.15) is 29.5 Å². The van der Waals surface area contributed by atoms with Gasteiger partial charge in [0.15, 0.2) is 5.76 Å². The molecule has 0 aliphatic rings. The first-order valence-corrected chi connectivity index (χ1v) is 9.11. The second-order valence-electron chi connectivity index (χ2n) is 6.10. The highest BCUT2D eigenvalue weighted by Gasteiger charge is 2.10. The monoisotopic (exact) mass is 378 g/mol. The Kier molecular flexibility index (Phi) is 6.46. The number of amides is 2. The molecule has 0 fully saturated rings. The Morgan fingerprint density at radius 3 is 2.50 bits per heavy atom. The Hall–Kier alpha value is -3.54. The average molecular weight is 378 g/mol. The van der Waals surface area contributed by atoms with Gasteiger partial charge < -0.3 is 19.8 Å². The third-order valence-corrected chi connectivity index (χ3v) is 4.04. The zero-order valence-corrected chi connectivity index (χ0v) is 15.6. The minimum Gasteiger partial charge on any atom is -0.494 e. The number of carbonyl (C=O) groups is 2. The Labute approximate surface area is 163 Å². The summed E-state index contributed by atoms with van der Waals surface area (Å²) in [6, 6.07) is 17.9. The average Bonchev–Trinajstić information content (AvgIpc) is 3.23. The molecule has 0 aliphatic heterocycles. The van der Waals surface area contributed by atoms with Gasteiger partial charge in [-0.05, 0) is 55.3 Å². The van der Waals surface area contributed by atoms with E-state index in [2.05, 4.69) is 10.6 Å². The fourth-order valence-electron chi connectivity index (χ4n) is 2.75. The molecule has 1 heterocycles. The van der Waals surface area contributed by atoms with Gasteiger partial charge in [0.05, 0.1) is 12.9 Å². The summed E-state index contributed by atoms with van der Waals surface area (Å²) in [6.45, 7) is 2.51. The summed E-state index contributed by atoms with van der Waals surface area (Å²) in [4.78, 5) is 24.4. The number of carbonyl (C=O) groups excluding carboxylic acids is 2.